The average Bonchev–Trinajstić information content (AvgIpc) is 2.80. The molecule has 0 saturated carbocycles. The molecule has 166 valence electrons. The van der Waals surface area contributed by atoms with Crippen LogP contribution in [0, 0.1) is 5.92 Å². The molecule has 1 saturated heterocycles. The lowest BCUT2D eigenvalue weighted by atomic mass is 9.96. The largest absolute Gasteiger partial charge is 0.493 e. The van der Waals surface area contributed by atoms with E-state index in [4.69, 9.17) is 14.2 Å². The van der Waals surface area contributed by atoms with E-state index >= 15 is 0 Å². The molecule has 2 amide bonds. The number of hydrogen-bond acceptors (Lipinski definition) is 5. The van der Waals surface area contributed by atoms with E-state index in [9.17, 15) is 9.59 Å². The molecule has 7 heteroatoms. The fourth-order valence-corrected chi connectivity index (χ4v) is 3.50. The highest BCUT2D eigenvalue weighted by molar-refractivity contribution is 5.93. The minimum atomic E-state index is -0.231. The van der Waals surface area contributed by atoms with Gasteiger partial charge in [0.25, 0.3) is 0 Å². The van der Waals surface area contributed by atoms with Crippen molar-refractivity contribution in [2.24, 2.45) is 5.92 Å². The van der Waals surface area contributed by atoms with Crippen LogP contribution in [0.2, 0.25) is 0 Å². The Hall–Kier alpha value is -3.06. The highest BCUT2D eigenvalue weighted by Crippen LogP contribution is 2.22. The summed E-state index contributed by atoms with van der Waals surface area (Å²) < 4.78 is 16.2. The molecule has 31 heavy (non-hydrogen) atoms. The lowest BCUT2D eigenvalue weighted by molar-refractivity contribution is -0.135. The van der Waals surface area contributed by atoms with Crippen LogP contribution in [0.25, 0.3) is 0 Å². The molecular formula is C24H30N2O5. The van der Waals surface area contributed by atoms with Gasteiger partial charge in [-0.25, -0.2) is 0 Å². The van der Waals surface area contributed by atoms with Crippen molar-refractivity contribution < 1.29 is 23.8 Å². The van der Waals surface area contributed by atoms with Crippen LogP contribution in [0.5, 0.6) is 11.5 Å². The van der Waals surface area contributed by atoms with Crippen molar-refractivity contribution in [2.45, 2.75) is 19.3 Å². The van der Waals surface area contributed by atoms with Gasteiger partial charge in [-0.3, -0.25) is 9.59 Å². The first-order valence-corrected chi connectivity index (χ1v) is 10.6. The van der Waals surface area contributed by atoms with Crippen molar-refractivity contribution in [2.75, 3.05) is 45.3 Å². The second kappa shape index (κ2) is 12.0. The van der Waals surface area contributed by atoms with Gasteiger partial charge in [0, 0.05) is 32.0 Å². The van der Waals surface area contributed by atoms with Gasteiger partial charge in [0.2, 0.25) is 11.8 Å². The van der Waals surface area contributed by atoms with Gasteiger partial charge in [0.15, 0.2) is 0 Å². The summed E-state index contributed by atoms with van der Waals surface area (Å²) in [6, 6.07) is 16.7. The Labute approximate surface area is 183 Å². The van der Waals surface area contributed by atoms with Crippen LogP contribution in [0.1, 0.15) is 19.3 Å². The molecule has 3 rings (SSSR count). The summed E-state index contributed by atoms with van der Waals surface area (Å²) in [5.74, 6) is 1.13. The Morgan fingerprint density at radius 3 is 2.58 bits per heavy atom. The maximum Gasteiger partial charge on any atom is 0.229 e. The van der Waals surface area contributed by atoms with Crippen molar-refractivity contribution in [3.63, 3.8) is 0 Å². The number of piperidine rings is 1. The lowest BCUT2D eigenvalue weighted by Gasteiger charge is -2.32. The van der Waals surface area contributed by atoms with Gasteiger partial charge >= 0.3 is 0 Å². The summed E-state index contributed by atoms with van der Waals surface area (Å²) in [5, 5.41) is 2.95. The molecule has 0 spiro atoms. The molecule has 1 atom stereocenters. The van der Waals surface area contributed by atoms with Crippen LogP contribution in [0.15, 0.2) is 54.6 Å². The van der Waals surface area contributed by atoms with Crippen molar-refractivity contribution in [3.8, 4) is 11.5 Å². The molecule has 1 unspecified atom stereocenters. The van der Waals surface area contributed by atoms with Gasteiger partial charge in [0.05, 0.1) is 25.6 Å². The van der Waals surface area contributed by atoms with Crippen LogP contribution in [-0.4, -0.2) is 56.7 Å². The van der Waals surface area contributed by atoms with E-state index < -0.39 is 0 Å². The second-order valence-corrected chi connectivity index (χ2v) is 7.45. The lowest BCUT2D eigenvalue weighted by Crippen LogP contribution is -2.44. The summed E-state index contributed by atoms with van der Waals surface area (Å²) in [4.78, 5) is 27.1. The van der Waals surface area contributed by atoms with E-state index in [1.54, 1.807) is 18.1 Å². The Morgan fingerprint density at radius 1 is 1.00 bits per heavy atom. The van der Waals surface area contributed by atoms with Gasteiger partial charge in [-0.05, 0) is 37.1 Å². The summed E-state index contributed by atoms with van der Waals surface area (Å²) in [6.45, 7) is 2.38. The molecular weight excluding hydrogens is 396 g/mol. The molecule has 0 aromatic heterocycles. The zero-order chi connectivity index (χ0) is 21.9. The number of carbonyl (C=O) groups is 2. The molecule has 1 aliphatic heterocycles. The monoisotopic (exact) mass is 426 g/mol. The predicted octanol–water partition coefficient (Wildman–Crippen LogP) is 3.36. The Morgan fingerprint density at radius 2 is 1.77 bits per heavy atom. The number of amides is 2. The number of ether oxygens (including phenoxy) is 3. The first kappa shape index (κ1) is 22.6. The van der Waals surface area contributed by atoms with Crippen LogP contribution >= 0.6 is 0 Å². The summed E-state index contributed by atoms with van der Waals surface area (Å²) in [6.07, 6.45) is 1.87. The van der Waals surface area contributed by atoms with Gasteiger partial charge in [-0.15, -0.1) is 0 Å². The summed E-state index contributed by atoms with van der Waals surface area (Å²) in [7, 11) is 1.62. The first-order chi connectivity index (χ1) is 15.2. The van der Waals surface area contributed by atoms with Crippen molar-refractivity contribution in [1.82, 2.24) is 4.90 Å². The van der Waals surface area contributed by atoms with E-state index in [2.05, 4.69) is 5.32 Å². The Kier molecular flexibility index (Phi) is 8.72. The van der Waals surface area contributed by atoms with Gasteiger partial charge in [-0.2, -0.15) is 0 Å². The fourth-order valence-electron chi connectivity index (χ4n) is 3.50. The predicted molar refractivity (Wildman–Crippen MR) is 118 cm³/mol. The topological polar surface area (TPSA) is 77.1 Å². The third-order valence-corrected chi connectivity index (χ3v) is 5.13. The Bertz CT molecular complexity index is 843. The van der Waals surface area contributed by atoms with E-state index in [0.717, 1.165) is 18.6 Å². The number of likely N-dealkylation sites (tertiary alicyclic amines) is 1. The number of para-hydroxylation sites is 1. The number of methoxy groups -OCH3 is 1. The van der Waals surface area contributed by atoms with Gasteiger partial charge < -0.3 is 24.4 Å². The number of carbonyl (C=O) groups excluding carboxylic acids is 2. The van der Waals surface area contributed by atoms with Crippen molar-refractivity contribution >= 4 is 17.5 Å². The van der Waals surface area contributed by atoms with E-state index in [-0.39, 0.29) is 17.7 Å². The number of rotatable bonds is 10. The minimum Gasteiger partial charge on any atom is -0.493 e. The van der Waals surface area contributed by atoms with Crippen LogP contribution in [0.4, 0.5) is 5.69 Å². The number of hydrogen-bond donors (Lipinski definition) is 1. The number of benzene rings is 2. The van der Waals surface area contributed by atoms with Crippen molar-refractivity contribution in [3.05, 3.63) is 54.6 Å². The quantitative estimate of drug-likeness (QED) is 0.590. The smallest absolute Gasteiger partial charge is 0.229 e. The Balaban J connectivity index is 1.46. The van der Waals surface area contributed by atoms with Crippen LogP contribution in [0.3, 0.4) is 0 Å². The number of anilines is 1. The third-order valence-electron chi connectivity index (χ3n) is 5.13. The molecule has 1 N–H and O–H groups in total. The second-order valence-electron chi connectivity index (χ2n) is 7.45. The van der Waals surface area contributed by atoms with E-state index in [0.29, 0.717) is 50.8 Å². The van der Waals surface area contributed by atoms with Crippen molar-refractivity contribution in [1.29, 1.82) is 0 Å². The maximum absolute atomic E-state index is 12.8. The molecule has 0 bridgehead atoms. The molecule has 7 nitrogen and oxygen atoms in total. The molecule has 1 fully saturated rings. The van der Waals surface area contributed by atoms with Gasteiger partial charge in [-0.1, -0.05) is 24.3 Å². The minimum absolute atomic E-state index is 0.0157. The van der Waals surface area contributed by atoms with Gasteiger partial charge in [0.1, 0.15) is 18.1 Å². The molecule has 0 radical (unpaired) electrons. The van der Waals surface area contributed by atoms with E-state index in [1.807, 2.05) is 48.5 Å². The SMILES string of the molecule is COCCOc1cccc(NC(=O)C2CCCN(C(=O)CCOc3ccccc3)C2)c1. The zero-order valence-electron chi connectivity index (χ0n) is 17.9. The summed E-state index contributed by atoms with van der Waals surface area (Å²) in [5.41, 5.74) is 0.680. The zero-order valence-corrected chi connectivity index (χ0v) is 17.9. The first-order valence-electron chi connectivity index (χ1n) is 10.6. The fraction of sp³-hybridized carbons (Fsp3) is 0.417. The maximum atomic E-state index is 12.8. The van der Waals surface area contributed by atoms with Crippen LogP contribution < -0.4 is 14.8 Å². The average molecular weight is 427 g/mol. The summed E-state index contributed by atoms with van der Waals surface area (Å²) >= 11 is 0. The number of nitrogens with one attached hydrogen (secondary N) is 1. The third kappa shape index (κ3) is 7.29. The highest BCUT2D eigenvalue weighted by atomic mass is 16.5. The number of nitrogens with zero attached hydrogens (tertiary/aromatic N) is 1. The normalized spacial score (nSPS) is 15.9. The molecule has 0 aliphatic carbocycles. The molecule has 2 aromatic carbocycles. The van der Waals surface area contributed by atoms with Crippen LogP contribution in [-0.2, 0) is 14.3 Å². The molecule has 1 aliphatic rings. The standard InChI is InChI=1S/C24H30N2O5/c1-29-15-16-31-22-11-5-8-20(17-22)25-24(28)19-7-6-13-26(18-19)23(27)12-14-30-21-9-3-2-4-10-21/h2-5,8-11,17,19H,6-7,12-16,18H2,1H3,(H,25,28). The molecule has 2 aromatic rings. The molecule has 1 heterocycles. The highest BCUT2D eigenvalue weighted by Gasteiger charge is 2.28. The van der Waals surface area contributed by atoms with E-state index in [1.165, 1.54) is 0 Å².